The van der Waals surface area contributed by atoms with E-state index in [1.54, 1.807) is 13.1 Å². The maximum absolute atomic E-state index is 12.4. The first kappa shape index (κ1) is 16.7. The second-order valence-electron chi connectivity index (χ2n) is 4.31. The lowest BCUT2D eigenvalue weighted by Gasteiger charge is -2.30. The van der Waals surface area contributed by atoms with Gasteiger partial charge in [0.2, 0.25) is 0 Å². The van der Waals surface area contributed by atoms with Gasteiger partial charge >= 0.3 is 0 Å². The van der Waals surface area contributed by atoms with Gasteiger partial charge in [0.05, 0.1) is 5.02 Å². The summed E-state index contributed by atoms with van der Waals surface area (Å²) in [5.41, 5.74) is 0. The summed E-state index contributed by atoms with van der Waals surface area (Å²) in [5, 5.41) is 3.29. The predicted molar refractivity (Wildman–Crippen MR) is 77.3 cm³/mol. The number of pyridine rings is 1. The molecule has 1 fully saturated rings. The van der Waals surface area contributed by atoms with E-state index >= 15 is 0 Å². The van der Waals surface area contributed by atoms with E-state index in [1.165, 1.54) is 16.6 Å². The number of likely N-dealkylation sites (N-methyl/N-ethyl adjacent to an activating group) is 1. The van der Waals surface area contributed by atoms with Crippen molar-refractivity contribution in [2.75, 3.05) is 20.1 Å². The topological polar surface area (TPSA) is 62.3 Å². The van der Waals surface area contributed by atoms with Crippen LogP contribution in [-0.4, -0.2) is 43.9 Å². The van der Waals surface area contributed by atoms with Crippen LogP contribution in [0.4, 0.5) is 0 Å². The van der Waals surface area contributed by atoms with Crippen LogP contribution in [0.2, 0.25) is 5.02 Å². The van der Waals surface area contributed by atoms with Gasteiger partial charge in [0, 0.05) is 25.8 Å². The SMILES string of the molecule is CN(C1CCCNC1)S(=O)(=O)c1ncccc1Cl.Cl. The van der Waals surface area contributed by atoms with Gasteiger partial charge in [-0.15, -0.1) is 12.4 Å². The molecule has 2 heterocycles. The fourth-order valence-electron chi connectivity index (χ4n) is 2.04. The molecule has 1 atom stereocenters. The predicted octanol–water partition coefficient (Wildman–Crippen LogP) is 1.53. The molecule has 2 rings (SSSR count). The van der Waals surface area contributed by atoms with E-state index in [2.05, 4.69) is 10.3 Å². The monoisotopic (exact) mass is 325 g/mol. The van der Waals surface area contributed by atoms with Crippen LogP contribution in [0.3, 0.4) is 0 Å². The van der Waals surface area contributed by atoms with Crippen molar-refractivity contribution >= 4 is 34.0 Å². The second kappa shape index (κ2) is 6.85. The Bertz CT molecular complexity index is 518. The van der Waals surface area contributed by atoms with E-state index in [4.69, 9.17) is 11.6 Å². The van der Waals surface area contributed by atoms with Gasteiger partial charge < -0.3 is 5.32 Å². The number of piperidine rings is 1. The minimum absolute atomic E-state index is 0. The molecular weight excluding hydrogens is 309 g/mol. The van der Waals surface area contributed by atoms with Crippen LogP contribution in [-0.2, 0) is 10.0 Å². The minimum Gasteiger partial charge on any atom is -0.315 e. The highest BCUT2D eigenvalue weighted by atomic mass is 35.5. The number of aromatic nitrogens is 1. The molecule has 0 saturated carbocycles. The van der Waals surface area contributed by atoms with Gasteiger partial charge in [-0.25, -0.2) is 13.4 Å². The number of rotatable bonds is 3. The smallest absolute Gasteiger partial charge is 0.262 e. The first-order valence-electron chi connectivity index (χ1n) is 5.83. The normalized spacial score (nSPS) is 20.1. The molecule has 19 heavy (non-hydrogen) atoms. The molecule has 5 nitrogen and oxygen atoms in total. The molecule has 1 aromatic heterocycles. The zero-order valence-electron chi connectivity index (χ0n) is 10.5. The summed E-state index contributed by atoms with van der Waals surface area (Å²) < 4.78 is 26.2. The van der Waals surface area contributed by atoms with Crippen LogP contribution < -0.4 is 5.32 Å². The van der Waals surface area contributed by atoms with Gasteiger partial charge in [0.1, 0.15) is 0 Å². The third kappa shape index (κ3) is 3.58. The van der Waals surface area contributed by atoms with Gasteiger partial charge in [0.15, 0.2) is 5.03 Å². The molecule has 1 saturated heterocycles. The zero-order chi connectivity index (χ0) is 13.2. The lowest BCUT2D eigenvalue weighted by Crippen LogP contribution is -2.46. The molecule has 1 unspecified atom stereocenters. The van der Waals surface area contributed by atoms with Crippen molar-refractivity contribution < 1.29 is 8.42 Å². The third-order valence-electron chi connectivity index (χ3n) is 3.13. The number of hydrogen-bond acceptors (Lipinski definition) is 4. The number of hydrogen-bond donors (Lipinski definition) is 1. The third-order valence-corrected chi connectivity index (χ3v) is 5.42. The Labute approximate surface area is 124 Å². The first-order valence-corrected chi connectivity index (χ1v) is 7.64. The van der Waals surface area contributed by atoms with Crippen LogP contribution in [0.5, 0.6) is 0 Å². The summed E-state index contributed by atoms with van der Waals surface area (Å²) in [6.45, 7) is 1.61. The lowest BCUT2D eigenvalue weighted by molar-refractivity contribution is 0.299. The highest BCUT2D eigenvalue weighted by Crippen LogP contribution is 2.23. The number of halogens is 2. The highest BCUT2D eigenvalue weighted by Gasteiger charge is 2.31. The molecule has 1 aliphatic heterocycles. The van der Waals surface area contributed by atoms with Gasteiger partial charge in [-0.1, -0.05) is 11.6 Å². The Morgan fingerprint density at radius 2 is 2.26 bits per heavy atom. The zero-order valence-corrected chi connectivity index (χ0v) is 12.9. The Morgan fingerprint density at radius 1 is 1.53 bits per heavy atom. The molecule has 0 bridgehead atoms. The molecular formula is C11H17Cl2N3O2S. The van der Waals surface area contributed by atoms with E-state index < -0.39 is 10.0 Å². The van der Waals surface area contributed by atoms with Crippen LogP contribution in [0.15, 0.2) is 23.4 Å². The highest BCUT2D eigenvalue weighted by molar-refractivity contribution is 7.89. The van der Waals surface area contributed by atoms with Gasteiger partial charge in [0.25, 0.3) is 10.0 Å². The van der Waals surface area contributed by atoms with Crippen molar-refractivity contribution in [2.45, 2.75) is 23.9 Å². The molecule has 1 N–H and O–H groups in total. The van der Waals surface area contributed by atoms with Crippen LogP contribution in [0.25, 0.3) is 0 Å². The molecule has 0 aliphatic carbocycles. The molecule has 1 aliphatic rings. The Morgan fingerprint density at radius 3 is 2.84 bits per heavy atom. The Kier molecular flexibility index (Phi) is 6.01. The first-order chi connectivity index (χ1) is 8.53. The number of sulfonamides is 1. The molecule has 108 valence electrons. The molecule has 0 aromatic carbocycles. The summed E-state index contributed by atoms with van der Waals surface area (Å²) >= 11 is 5.91. The van der Waals surface area contributed by atoms with Crippen LogP contribution in [0.1, 0.15) is 12.8 Å². The average Bonchev–Trinajstić information content (AvgIpc) is 2.39. The maximum Gasteiger partial charge on any atom is 0.262 e. The molecule has 0 amide bonds. The summed E-state index contributed by atoms with van der Waals surface area (Å²) in [4.78, 5) is 3.88. The molecule has 8 heteroatoms. The van der Waals surface area contributed by atoms with E-state index in [0.29, 0.717) is 6.54 Å². The number of nitrogens with zero attached hydrogens (tertiary/aromatic N) is 2. The second-order valence-corrected chi connectivity index (χ2v) is 6.63. The lowest BCUT2D eigenvalue weighted by atomic mass is 10.1. The summed E-state index contributed by atoms with van der Waals surface area (Å²) in [6, 6.07) is 3.11. The summed E-state index contributed by atoms with van der Waals surface area (Å²) in [6.07, 6.45) is 3.26. The van der Waals surface area contributed by atoms with Crippen molar-refractivity contribution in [3.63, 3.8) is 0 Å². The van der Waals surface area contributed by atoms with E-state index in [0.717, 1.165) is 19.4 Å². The van der Waals surface area contributed by atoms with Crippen molar-refractivity contribution in [1.82, 2.24) is 14.6 Å². The van der Waals surface area contributed by atoms with E-state index in [-0.39, 0.29) is 28.5 Å². The van der Waals surface area contributed by atoms with Gasteiger partial charge in [-0.3, -0.25) is 0 Å². The quantitative estimate of drug-likeness (QED) is 0.915. The summed E-state index contributed by atoms with van der Waals surface area (Å²) in [7, 11) is -2.04. The van der Waals surface area contributed by atoms with Gasteiger partial charge in [-0.05, 0) is 31.5 Å². The van der Waals surface area contributed by atoms with E-state index in [1.807, 2.05) is 0 Å². The number of nitrogens with one attached hydrogen (secondary N) is 1. The van der Waals surface area contributed by atoms with E-state index in [9.17, 15) is 8.42 Å². The fraction of sp³-hybridized carbons (Fsp3) is 0.545. The molecule has 0 spiro atoms. The average molecular weight is 326 g/mol. The molecule has 0 radical (unpaired) electrons. The van der Waals surface area contributed by atoms with Crippen LogP contribution in [0, 0.1) is 0 Å². The fourth-order valence-corrected chi connectivity index (χ4v) is 3.81. The summed E-state index contributed by atoms with van der Waals surface area (Å²) in [5.74, 6) is 0. The van der Waals surface area contributed by atoms with Crippen molar-refractivity contribution in [1.29, 1.82) is 0 Å². The van der Waals surface area contributed by atoms with Crippen molar-refractivity contribution in [2.24, 2.45) is 0 Å². The van der Waals surface area contributed by atoms with Crippen molar-refractivity contribution in [3.05, 3.63) is 23.4 Å². The Hall–Kier alpha value is -0.400. The van der Waals surface area contributed by atoms with Crippen molar-refractivity contribution in [3.8, 4) is 0 Å². The minimum atomic E-state index is -3.62. The standard InChI is InChI=1S/C11H16ClN3O2S.ClH/c1-15(9-4-2-6-13-8-9)18(16,17)11-10(12)5-3-7-14-11;/h3,5,7,9,13H,2,4,6,8H2,1H3;1H. The molecule has 1 aromatic rings. The Balaban J connectivity index is 0.00000180. The van der Waals surface area contributed by atoms with Gasteiger partial charge in [-0.2, -0.15) is 4.31 Å². The maximum atomic E-state index is 12.4. The largest absolute Gasteiger partial charge is 0.315 e. The van der Waals surface area contributed by atoms with Crippen LogP contribution >= 0.6 is 24.0 Å².